The van der Waals surface area contributed by atoms with Gasteiger partial charge in [-0.15, -0.1) is 0 Å². The molecule has 0 amide bonds. The lowest BCUT2D eigenvalue weighted by atomic mass is 10.0. The maximum atomic E-state index is 5.46. The highest BCUT2D eigenvalue weighted by Crippen LogP contribution is 2.27. The first-order valence-corrected chi connectivity index (χ1v) is 5.69. The fraction of sp³-hybridized carbons (Fsp3) is 0.133. The van der Waals surface area contributed by atoms with Gasteiger partial charge in [-0.2, -0.15) is 0 Å². The van der Waals surface area contributed by atoms with Crippen molar-refractivity contribution in [3.63, 3.8) is 0 Å². The standard InChI is InChI=1S/C15H14NO/c1-11-5-3-4-6-12(11)15-13-8-10-17-14(13)7-9-16(15)2/h3-10H,1-2H3/q+1. The largest absolute Gasteiger partial charge is 0.464 e. The quantitative estimate of drug-likeness (QED) is 0.580. The van der Waals surface area contributed by atoms with Gasteiger partial charge in [0, 0.05) is 11.6 Å². The smallest absolute Gasteiger partial charge is 0.223 e. The summed E-state index contributed by atoms with van der Waals surface area (Å²) in [4.78, 5) is 0. The molecule has 84 valence electrons. The zero-order valence-corrected chi connectivity index (χ0v) is 9.97. The number of furan rings is 1. The number of benzene rings is 1. The molecule has 3 rings (SSSR count). The van der Waals surface area contributed by atoms with Crippen molar-refractivity contribution in [3.05, 3.63) is 54.4 Å². The third kappa shape index (κ3) is 1.53. The van der Waals surface area contributed by atoms with E-state index < -0.39 is 0 Å². The van der Waals surface area contributed by atoms with Gasteiger partial charge in [-0.3, -0.25) is 0 Å². The lowest BCUT2D eigenvalue weighted by Gasteiger charge is -2.04. The zero-order chi connectivity index (χ0) is 11.8. The van der Waals surface area contributed by atoms with Gasteiger partial charge in [0.25, 0.3) is 0 Å². The summed E-state index contributed by atoms with van der Waals surface area (Å²) >= 11 is 0. The number of hydrogen-bond acceptors (Lipinski definition) is 1. The molecular weight excluding hydrogens is 210 g/mol. The molecular formula is C15H14NO+. The van der Waals surface area contributed by atoms with Crippen LogP contribution in [0.1, 0.15) is 5.56 Å². The Morgan fingerprint density at radius 2 is 1.88 bits per heavy atom. The van der Waals surface area contributed by atoms with E-state index in [0.29, 0.717) is 0 Å². The summed E-state index contributed by atoms with van der Waals surface area (Å²) in [6.45, 7) is 2.13. The number of fused-ring (bicyclic) bond motifs is 1. The first-order valence-electron chi connectivity index (χ1n) is 5.69. The van der Waals surface area contributed by atoms with E-state index in [2.05, 4.69) is 42.8 Å². The zero-order valence-electron chi connectivity index (χ0n) is 9.97. The van der Waals surface area contributed by atoms with Crippen LogP contribution in [0.4, 0.5) is 0 Å². The lowest BCUT2D eigenvalue weighted by Crippen LogP contribution is -2.30. The molecule has 0 bridgehead atoms. The number of hydrogen-bond donors (Lipinski definition) is 0. The number of aryl methyl sites for hydroxylation is 2. The molecule has 0 fully saturated rings. The number of aromatic nitrogens is 1. The van der Waals surface area contributed by atoms with Gasteiger partial charge in [0.1, 0.15) is 12.6 Å². The van der Waals surface area contributed by atoms with Crippen LogP contribution in [0.2, 0.25) is 0 Å². The minimum absolute atomic E-state index is 0.932. The molecule has 2 aromatic heterocycles. The van der Waals surface area contributed by atoms with Gasteiger partial charge in [-0.25, -0.2) is 4.57 Å². The molecule has 0 spiro atoms. The topological polar surface area (TPSA) is 17.0 Å². The van der Waals surface area contributed by atoms with Gasteiger partial charge in [0.2, 0.25) is 5.69 Å². The first-order chi connectivity index (χ1) is 8.27. The van der Waals surface area contributed by atoms with Crippen molar-refractivity contribution in [1.29, 1.82) is 0 Å². The minimum atomic E-state index is 0.932. The van der Waals surface area contributed by atoms with Gasteiger partial charge in [-0.05, 0) is 24.6 Å². The van der Waals surface area contributed by atoms with Crippen LogP contribution >= 0.6 is 0 Å². The molecule has 0 saturated heterocycles. The Morgan fingerprint density at radius 3 is 2.71 bits per heavy atom. The highest BCUT2D eigenvalue weighted by atomic mass is 16.3. The molecule has 0 aliphatic carbocycles. The molecule has 1 aromatic carbocycles. The predicted molar refractivity (Wildman–Crippen MR) is 67.6 cm³/mol. The van der Waals surface area contributed by atoms with E-state index in [-0.39, 0.29) is 0 Å². The van der Waals surface area contributed by atoms with Gasteiger partial charge in [0.05, 0.1) is 11.6 Å². The van der Waals surface area contributed by atoms with E-state index in [1.807, 2.05) is 18.3 Å². The summed E-state index contributed by atoms with van der Waals surface area (Å²) in [6.07, 6.45) is 3.78. The van der Waals surface area contributed by atoms with Crippen LogP contribution in [-0.2, 0) is 7.05 Å². The van der Waals surface area contributed by atoms with E-state index in [1.54, 1.807) is 6.26 Å². The van der Waals surface area contributed by atoms with Crippen LogP contribution in [0.25, 0.3) is 22.2 Å². The summed E-state index contributed by atoms with van der Waals surface area (Å²) in [6, 6.07) is 12.4. The van der Waals surface area contributed by atoms with Crippen molar-refractivity contribution in [2.75, 3.05) is 0 Å². The summed E-state index contributed by atoms with van der Waals surface area (Å²) < 4.78 is 7.60. The van der Waals surface area contributed by atoms with Gasteiger partial charge in [-0.1, -0.05) is 18.2 Å². The normalized spacial score (nSPS) is 10.9. The molecule has 0 saturated carbocycles. The van der Waals surface area contributed by atoms with Crippen molar-refractivity contribution in [1.82, 2.24) is 0 Å². The molecule has 0 radical (unpaired) electrons. The molecule has 0 aliphatic heterocycles. The van der Waals surface area contributed by atoms with Crippen LogP contribution in [-0.4, -0.2) is 0 Å². The Labute approximate surface area is 100 Å². The van der Waals surface area contributed by atoms with Crippen LogP contribution in [0, 0.1) is 6.92 Å². The second-order valence-electron chi connectivity index (χ2n) is 4.29. The van der Waals surface area contributed by atoms with Gasteiger partial charge >= 0.3 is 0 Å². The van der Waals surface area contributed by atoms with Gasteiger partial charge < -0.3 is 4.42 Å². The minimum Gasteiger partial charge on any atom is -0.464 e. The Morgan fingerprint density at radius 1 is 1.06 bits per heavy atom. The average Bonchev–Trinajstić information content (AvgIpc) is 2.79. The average molecular weight is 224 g/mol. The second kappa shape index (κ2) is 3.74. The number of nitrogens with zero attached hydrogens (tertiary/aromatic N) is 1. The van der Waals surface area contributed by atoms with E-state index in [4.69, 9.17) is 4.42 Å². The Kier molecular flexibility index (Phi) is 2.22. The fourth-order valence-electron chi connectivity index (χ4n) is 2.26. The molecule has 17 heavy (non-hydrogen) atoms. The Hall–Kier alpha value is -2.09. The van der Waals surface area contributed by atoms with Crippen molar-refractivity contribution < 1.29 is 8.98 Å². The highest BCUT2D eigenvalue weighted by Gasteiger charge is 2.17. The Balaban J connectivity index is 2.40. The van der Waals surface area contributed by atoms with Gasteiger partial charge in [0.15, 0.2) is 6.20 Å². The maximum absolute atomic E-state index is 5.46. The van der Waals surface area contributed by atoms with Crippen molar-refractivity contribution >= 4 is 11.0 Å². The first kappa shape index (κ1) is 10.1. The SMILES string of the molecule is Cc1ccccc1-c1c2ccoc2cc[n+]1C. The number of rotatable bonds is 1. The fourth-order valence-corrected chi connectivity index (χ4v) is 2.26. The molecule has 0 atom stereocenters. The predicted octanol–water partition coefficient (Wildman–Crippen LogP) is 3.23. The molecule has 0 aliphatic rings. The molecule has 2 nitrogen and oxygen atoms in total. The van der Waals surface area contributed by atoms with Crippen LogP contribution in [0.5, 0.6) is 0 Å². The van der Waals surface area contributed by atoms with Crippen LogP contribution in [0.15, 0.2) is 53.3 Å². The van der Waals surface area contributed by atoms with Crippen LogP contribution in [0.3, 0.4) is 0 Å². The Bertz CT molecular complexity index is 682. The molecule has 3 aromatic rings. The van der Waals surface area contributed by atoms with E-state index >= 15 is 0 Å². The van der Waals surface area contributed by atoms with E-state index in [9.17, 15) is 0 Å². The van der Waals surface area contributed by atoms with Crippen molar-refractivity contribution in [2.24, 2.45) is 7.05 Å². The molecule has 2 heterocycles. The summed E-state index contributed by atoms with van der Waals surface area (Å²) in [5, 5.41) is 1.16. The molecule has 0 unspecified atom stereocenters. The molecule has 0 N–H and O–H groups in total. The van der Waals surface area contributed by atoms with Crippen molar-refractivity contribution in [2.45, 2.75) is 6.92 Å². The number of pyridine rings is 1. The van der Waals surface area contributed by atoms with Crippen molar-refractivity contribution in [3.8, 4) is 11.3 Å². The van der Waals surface area contributed by atoms with Crippen LogP contribution < -0.4 is 4.57 Å². The lowest BCUT2D eigenvalue weighted by molar-refractivity contribution is -0.659. The van der Waals surface area contributed by atoms with E-state index in [0.717, 1.165) is 11.0 Å². The maximum Gasteiger partial charge on any atom is 0.223 e. The molecule has 2 heteroatoms. The second-order valence-corrected chi connectivity index (χ2v) is 4.29. The summed E-state index contributed by atoms with van der Waals surface area (Å²) in [7, 11) is 2.06. The highest BCUT2D eigenvalue weighted by molar-refractivity contribution is 5.90. The third-order valence-corrected chi connectivity index (χ3v) is 3.15. The monoisotopic (exact) mass is 224 g/mol. The summed E-state index contributed by atoms with van der Waals surface area (Å²) in [5.41, 5.74) is 4.66. The third-order valence-electron chi connectivity index (χ3n) is 3.15. The summed E-state index contributed by atoms with van der Waals surface area (Å²) in [5.74, 6) is 0. The van der Waals surface area contributed by atoms with E-state index in [1.165, 1.54) is 16.8 Å².